The van der Waals surface area contributed by atoms with Crippen LogP contribution in [0.25, 0.3) is 0 Å². The van der Waals surface area contributed by atoms with Crippen LogP contribution in [0.15, 0.2) is 23.8 Å². The number of carbonyl (C=O) groups is 2. The van der Waals surface area contributed by atoms with Gasteiger partial charge in [-0.05, 0) is 86.7 Å². The normalized spacial score (nSPS) is 47.5. The maximum Gasteiger partial charge on any atom is 0.303 e. The van der Waals surface area contributed by atoms with Crippen LogP contribution in [0.5, 0.6) is 0 Å². The summed E-state index contributed by atoms with van der Waals surface area (Å²) in [6.07, 6.45) is 9.31. The summed E-state index contributed by atoms with van der Waals surface area (Å²) < 4.78 is 5.90. The van der Waals surface area contributed by atoms with Crippen molar-refractivity contribution in [3.63, 3.8) is 0 Å². The number of fused-ring (bicyclic) bond motifs is 5. The van der Waals surface area contributed by atoms with E-state index in [9.17, 15) is 9.59 Å². The highest BCUT2D eigenvalue weighted by Crippen LogP contribution is 2.68. The fraction of sp³-hybridized carbons (Fsp3) is 0.739. The lowest BCUT2D eigenvalue weighted by Gasteiger charge is -2.59. The number of ether oxygens (including phenoxy) is 1. The third-order valence-electron chi connectivity index (χ3n) is 8.87. The van der Waals surface area contributed by atoms with Gasteiger partial charge in [0.25, 0.3) is 0 Å². The van der Waals surface area contributed by atoms with Crippen LogP contribution in [0.3, 0.4) is 0 Å². The molecule has 6 atom stereocenters. The van der Waals surface area contributed by atoms with Gasteiger partial charge in [0.05, 0.1) is 0 Å². The van der Waals surface area contributed by atoms with Crippen molar-refractivity contribution in [2.75, 3.05) is 0 Å². The van der Waals surface area contributed by atoms with Crippen LogP contribution < -0.4 is 0 Å². The first-order valence-electron chi connectivity index (χ1n) is 10.2. The van der Waals surface area contributed by atoms with Gasteiger partial charge in [-0.25, -0.2) is 0 Å². The van der Waals surface area contributed by atoms with Gasteiger partial charge < -0.3 is 4.74 Å². The molecule has 0 unspecified atom stereocenters. The monoisotopic (exact) mass is 356 g/mol. The van der Waals surface area contributed by atoms with E-state index in [1.165, 1.54) is 18.9 Å². The molecule has 142 valence electrons. The van der Waals surface area contributed by atoms with E-state index >= 15 is 0 Å². The molecule has 0 aromatic rings. The van der Waals surface area contributed by atoms with E-state index in [2.05, 4.69) is 27.4 Å². The van der Waals surface area contributed by atoms with Crippen molar-refractivity contribution in [2.24, 2.45) is 28.6 Å². The molecule has 0 aliphatic heterocycles. The average molecular weight is 357 g/mol. The van der Waals surface area contributed by atoms with Gasteiger partial charge in [-0.1, -0.05) is 26.0 Å². The Kier molecular flexibility index (Phi) is 3.85. The molecule has 0 spiro atoms. The van der Waals surface area contributed by atoms with E-state index in [0.717, 1.165) is 44.1 Å². The third-order valence-corrected chi connectivity index (χ3v) is 8.87. The minimum Gasteiger partial charge on any atom is -0.459 e. The Hall–Kier alpha value is -1.38. The second kappa shape index (κ2) is 5.56. The van der Waals surface area contributed by atoms with Crippen molar-refractivity contribution in [1.29, 1.82) is 0 Å². The Morgan fingerprint density at radius 1 is 1.15 bits per heavy atom. The minimum absolute atomic E-state index is 0.0684. The van der Waals surface area contributed by atoms with Gasteiger partial charge in [-0.15, -0.1) is 0 Å². The smallest absolute Gasteiger partial charge is 0.303 e. The number of esters is 1. The van der Waals surface area contributed by atoms with Crippen LogP contribution in [0.4, 0.5) is 0 Å². The van der Waals surface area contributed by atoms with Crippen molar-refractivity contribution >= 4 is 11.8 Å². The second-order valence-electron chi connectivity index (χ2n) is 9.97. The van der Waals surface area contributed by atoms with Gasteiger partial charge in [-0.2, -0.15) is 0 Å². The van der Waals surface area contributed by atoms with Gasteiger partial charge in [0.2, 0.25) is 0 Å². The lowest BCUT2D eigenvalue weighted by Crippen LogP contribution is -2.55. The highest BCUT2D eigenvalue weighted by molar-refractivity contribution is 6.05. The van der Waals surface area contributed by atoms with Crippen LogP contribution >= 0.6 is 0 Å². The molecule has 3 nitrogen and oxygen atoms in total. The number of hydrogen-bond donors (Lipinski definition) is 0. The molecule has 3 saturated carbocycles. The van der Waals surface area contributed by atoms with Crippen LogP contribution in [-0.4, -0.2) is 17.4 Å². The molecule has 0 heterocycles. The Morgan fingerprint density at radius 2 is 1.85 bits per heavy atom. The first-order chi connectivity index (χ1) is 12.1. The second-order valence-corrected chi connectivity index (χ2v) is 9.97. The molecule has 0 aromatic carbocycles. The summed E-state index contributed by atoms with van der Waals surface area (Å²) in [5.41, 5.74) is 1.97. The number of hydrogen-bond acceptors (Lipinski definition) is 3. The number of ketones is 1. The van der Waals surface area contributed by atoms with Crippen molar-refractivity contribution in [2.45, 2.75) is 78.2 Å². The molecule has 3 fully saturated rings. The topological polar surface area (TPSA) is 43.4 Å². The highest BCUT2D eigenvalue weighted by Gasteiger charge is 2.64. The molecular weight excluding hydrogens is 324 g/mol. The Morgan fingerprint density at radius 3 is 2.54 bits per heavy atom. The Balaban J connectivity index is 1.67. The van der Waals surface area contributed by atoms with Crippen LogP contribution in [0, 0.1) is 28.6 Å². The number of carbonyl (C=O) groups excluding carboxylic acids is 2. The predicted octanol–water partition coefficient (Wildman–Crippen LogP) is 5.01. The van der Waals surface area contributed by atoms with Crippen molar-refractivity contribution in [3.8, 4) is 0 Å². The van der Waals surface area contributed by atoms with Gasteiger partial charge in [0.1, 0.15) is 5.60 Å². The maximum atomic E-state index is 12.1. The van der Waals surface area contributed by atoms with E-state index in [-0.39, 0.29) is 28.2 Å². The predicted molar refractivity (Wildman–Crippen MR) is 101 cm³/mol. The van der Waals surface area contributed by atoms with E-state index in [1.54, 1.807) is 0 Å². The lowest BCUT2D eigenvalue weighted by molar-refractivity contribution is -0.177. The third kappa shape index (κ3) is 2.25. The van der Waals surface area contributed by atoms with Crippen molar-refractivity contribution < 1.29 is 14.3 Å². The van der Waals surface area contributed by atoms with Crippen LogP contribution in [-0.2, 0) is 14.3 Å². The molecular formula is C23H32O3. The molecule has 0 radical (unpaired) electrons. The molecule has 4 aliphatic carbocycles. The summed E-state index contributed by atoms with van der Waals surface area (Å²) in [5, 5.41) is 0. The van der Waals surface area contributed by atoms with E-state index < -0.39 is 0 Å². The molecule has 3 heteroatoms. The van der Waals surface area contributed by atoms with Gasteiger partial charge in [0, 0.05) is 12.3 Å². The molecule has 0 amide bonds. The molecule has 0 saturated heterocycles. The Bertz CT molecular complexity index is 719. The van der Waals surface area contributed by atoms with Gasteiger partial charge in [-0.3, -0.25) is 9.59 Å². The summed E-state index contributed by atoms with van der Waals surface area (Å²) in [6.45, 7) is 12.5. The zero-order chi connectivity index (χ0) is 18.9. The molecule has 4 rings (SSSR count). The first-order valence-corrected chi connectivity index (χ1v) is 10.2. The van der Waals surface area contributed by atoms with Crippen LogP contribution in [0.2, 0.25) is 0 Å². The largest absolute Gasteiger partial charge is 0.459 e. The molecule has 0 N–H and O–H groups in total. The SMILES string of the molecule is C=C1C[C@]2(C)C(=CC1=O)CC[C@H]1[C@H]3CC[C@](C)(OC(C)=O)[C@@]3(C)CC[C@H]12. The van der Waals surface area contributed by atoms with E-state index in [0.29, 0.717) is 17.8 Å². The van der Waals surface area contributed by atoms with Gasteiger partial charge >= 0.3 is 5.97 Å². The molecule has 4 aliphatic rings. The maximum absolute atomic E-state index is 12.1. The number of allylic oxidation sites excluding steroid dienone is 2. The average Bonchev–Trinajstić information content (AvgIpc) is 2.80. The summed E-state index contributed by atoms with van der Waals surface area (Å²) >= 11 is 0. The lowest BCUT2D eigenvalue weighted by atomic mass is 9.46. The fourth-order valence-corrected chi connectivity index (χ4v) is 7.31. The zero-order valence-electron chi connectivity index (χ0n) is 16.7. The molecule has 26 heavy (non-hydrogen) atoms. The summed E-state index contributed by atoms with van der Waals surface area (Å²) in [7, 11) is 0. The van der Waals surface area contributed by atoms with Crippen LogP contribution in [0.1, 0.15) is 72.6 Å². The Labute approximate surface area is 157 Å². The quantitative estimate of drug-likeness (QED) is 0.490. The zero-order valence-corrected chi connectivity index (χ0v) is 16.7. The minimum atomic E-state index is -0.336. The summed E-state index contributed by atoms with van der Waals surface area (Å²) in [4.78, 5) is 23.9. The van der Waals surface area contributed by atoms with E-state index in [1.807, 2.05) is 6.08 Å². The number of rotatable bonds is 1. The van der Waals surface area contributed by atoms with E-state index in [4.69, 9.17) is 4.74 Å². The summed E-state index contributed by atoms with van der Waals surface area (Å²) in [5.74, 6) is 1.87. The highest BCUT2D eigenvalue weighted by atomic mass is 16.6. The summed E-state index contributed by atoms with van der Waals surface area (Å²) in [6, 6.07) is 0. The van der Waals surface area contributed by atoms with Crippen molar-refractivity contribution in [1.82, 2.24) is 0 Å². The van der Waals surface area contributed by atoms with Crippen molar-refractivity contribution in [3.05, 3.63) is 23.8 Å². The molecule has 0 bridgehead atoms. The standard InChI is InChI=1S/C23H32O3/c1-14-13-21(3)16(12-20(14)25)6-7-17-18(21)8-10-22(4)19(17)9-11-23(22,5)26-15(2)24/h12,17-19H,1,6-11,13H2,2-5H3/t17-,18-,19-,21-,22+,23+/m1/s1. The first kappa shape index (κ1) is 18.0. The molecule has 0 aromatic heterocycles. The fourth-order valence-electron chi connectivity index (χ4n) is 7.31. The van der Waals surface area contributed by atoms with Gasteiger partial charge in [0.15, 0.2) is 5.78 Å².